The van der Waals surface area contributed by atoms with E-state index in [0.717, 1.165) is 23.4 Å². The first-order valence-corrected chi connectivity index (χ1v) is 7.64. The van der Waals surface area contributed by atoms with Gasteiger partial charge in [-0.1, -0.05) is 67.6 Å². The molecule has 0 amide bonds. The van der Waals surface area contributed by atoms with E-state index in [-0.39, 0.29) is 5.84 Å². The van der Waals surface area contributed by atoms with Crippen LogP contribution in [0.15, 0.2) is 65.7 Å². The molecule has 0 radical (unpaired) electrons. The molecule has 22 heavy (non-hydrogen) atoms. The second-order valence-electron chi connectivity index (χ2n) is 5.38. The molecule has 0 spiro atoms. The van der Waals surface area contributed by atoms with Crippen LogP contribution in [0.5, 0.6) is 0 Å². The fourth-order valence-electron chi connectivity index (χ4n) is 2.18. The molecule has 0 aliphatic carbocycles. The molecule has 3 nitrogen and oxygen atoms in total. The van der Waals surface area contributed by atoms with Gasteiger partial charge in [0, 0.05) is 24.2 Å². The van der Waals surface area contributed by atoms with Gasteiger partial charge in [-0.2, -0.15) is 0 Å². The van der Waals surface area contributed by atoms with E-state index in [1.807, 2.05) is 67.7 Å². The molecule has 0 heterocycles. The zero-order valence-electron chi connectivity index (χ0n) is 13.5. The van der Waals surface area contributed by atoms with Crippen LogP contribution in [0.25, 0.3) is 0 Å². The number of benzene rings is 2. The molecule has 0 bridgehead atoms. The molecule has 0 aliphatic heterocycles. The molecule has 0 fully saturated rings. The first-order valence-electron chi connectivity index (χ1n) is 7.64. The summed E-state index contributed by atoms with van der Waals surface area (Å²) in [5.74, 6) is 1.12. The van der Waals surface area contributed by atoms with E-state index < -0.39 is 0 Å². The van der Waals surface area contributed by atoms with Crippen LogP contribution in [-0.2, 0) is 0 Å². The van der Waals surface area contributed by atoms with Crippen molar-refractivity contribution in [3.63, 3.8) is 0 Å². The SMILES string of the molecule is CCC(C)N(C)C(=NC(=N)c1ccccc1)c1ccccc1. The van der Waals surface area contributed by atoms with E-state index in [9.17, 15) is 0 Å². The molecule has 0 saturated carbocycles. The van der Waals surface area contributed by atoms with E-state index in [4.69, 9.17) is 5.41 Å². The highest BCUT2D eigenvalue weighted by atomic mass is 15.2. The van der Waals surface area contributed by atoms with Crippen LogP contribution < -0.4 is 0 Å². The largest absolute Gasteiger partial charge is 0.356 e. The van der Waals surface area contributed by atoms with Crippen molar-refractivity contribution in [1.29, 1.82) is 5.41 Å². The third kappa shape index (κ3) is 3.82. The Bertz CT molecular complexity index is 632. The predicted octanol–water partition coefficient (Wildman–Crippen LogP) is 4.19. The van der Waals surface area contributed by atoms with Gasteiger partial charge in [0.15, 0.2) is 5.84 Å². The molecule has 0 aliphatic rings. The minimum Gasteiger partial charge on any atom is -0.356 e. The van der Waals surface area contributed by atoms with Crippen molar-refractivity contribution >= 4 is 11.7 Å². The number of nitrogens with one attached hydrogen (secondary N) is 1. The maximum absolute atomic E-state index is 8.29. The highest BCUT2D eigenvalue weighted by Crippen LogP contribution is 2.12. The lowest BCUT2D eigenvalue weighted by atomic mass is 10.1. The molecule has 1 unspecified atom stereocenters. The number of rotatable bonds is 4. The highest BCUT2D eigenvalue weighted by Gasteiger charge is 2.15. The van der Waals surface area contributed by atoms with Gasteiger partial charge in [0.2, 0.25) is 0 Å². The smallest absolute Gasteiger partial charge is 0.154 e. The molecule has 2 rings (SSSR count). The second-order valence-corrected chi connectivity index (χ2v) is 5.38. The van der Waals surface area contributed by atoms with Crippen molar-refractivity contribution in [2.45, 2.75) is 26.3 Å². The maximum atomic E-state index is 8.29. The van der Waals surface area contributed by atoms with Crippen molar-refractivity contribution in [1.82, 2.24) is 4.90 Å². The van der Waals surface area contributed by atoms with Crippen molar-refractivity contribution in [3.8, 4) is 0 Å². The van der Waals surface area contributed by atoms with Crippen LogP contribution in [-0.4, -0.2) is 29.7 Å². The van der Waals surface area contributed by atoms with Crippen LogP contribution in [0, 0.1) is 5.41 Å². The Morgan fingerprint density at radius 2 is 1.50 bits per heavy atom. The zero-order valence-corrected chi connectivity index (χ0v) is 13.5. The molecule has 3 heteroatoms. The molecular formula is C19H23N3. The predicted molar refractivity (Wildman–Crippen MR) is 93.8 cm³/mol. The summed E-state index contributed by atoms with van der Waals surface area (Å²) in [7, 11) is 2.04. The van der Waals surface area contributed by atoms with Gasteiger partial charge >= 0.3 is 0 Å². The summed E-state index contributed by atoms with van der Waals surface area (Å²) in [6.45, 7) is 4.33. The fourth-order valence-corrected chi connectivity index (χ4v) is 2.18. The minimum absolute atomic E-state index is 0.287. The fraction of sp³-hybridized carbons (Fsp3) is 0.263. The van der Waals surface area contributed by atoms with Crippen LogP contribution >= 0.6 is 0 Å². The molecule has 1 N–H and O–H groups in total. The third-order valence-electron chi connectivity index (χ3n) is 3.88. The topological polar surface area (TPSA) is 39.5 Å². The Morgan fingerprint density at radius 1 is 1.00 bits per heavy atom. The van der Waals surface area contributed by atoms with Crippen LogP contribution in [0.3, 0.4) is 0 Å². The van der Waals surface area contributed by atoms with Gasteiger partial charge in [-0.3, -0.25) is 5.41 Å². The normalized spacial score (nSPS) is 12.8. The average Bonchev–Trinajstić information content (AvgIpc) is 2.59. The Kier molecular flexibility index (Phi) is 5.48. The Hall–Kier alpha value is -2.42. The van der Waals surface area contributed by atoms with E-state index in [2.05, 4.69) is 23.7 Å². The summed E-state index contributed by atoms with van der Waals surface area (Å²) >= 11 is 0. The number of hydrogen-bond acceptors (Lipinski definition) is 1. The van der Waals surface area contributed by atoms with Crippen LogP contribution in [0.2, 0.25) is 0 Å². The van der Waals surface area contributed by atoms with Gasteiger partial charge in [0.05, 0.1) is 0 Å². The molecular weight excluding hydrogens is 270 g/mol. The van der Waals surface area contributed by atoms with E-state index in [1.165, 1.54) is 0 Å². The minimum atomic E-state index is 0.287. The first-order chi connectivity index (χ1) is 10.6. The van der Waals surface area contributed by atoms with Gasteiger partial charge in [-0.15, -0.1) is 0 Å². The van der Waals surface area contributed by atoms with Crippen LogP contribution in [0.1, 0.15) is 31.4 Å². The maximum Gasteiger partial charge on any atom is 0.154 e. The Morgan fingerprint density at radius 3 is 2.00 bits per heavy atom. The Labute approximate surface area is 132 Å². The standard InChI is InChI=1S/C19H23N3/c1-4-15(2)22(3)19(17-13-9-6-10-14-17)21-18(20)16-11-7-5-8-12-16/h5-15,20H,4H2,1-3H3. The van der Waals surface area contributed by atoms with Crippen LogP contribution in [0.4, 0.5) is 0 Å². The number of nitrogens with zero attached hydrogens (tertiary/aromatic N) is 2. The lowest BCUT2D eigenvalue weighted by Gasteiger charge is -2.27. The lowest BCUT2D eigenvalue weighted by Crippen LogP contribution is -2.36. The first kappa shape index (κ1) is 16.0. The quantitative estimate of drug-likeness (QED) is 0.666. The lowest BCUT2D eigenvalue weighted by molar-refractivity contribution is 0.381. The molecule has 0 saturated heterocycles. The van der Waals surface area contributed by atoms with Crippen molar-refractivity contribution < 1.29 is 0 Å². The zero-order chi connectivity index (χ0) is 15.9. The number of aliphatic imine (C=N–C) groups is 1. The molecule has 2 aromatic carbocycles. The van der Waals surface area contributed by atoms with Crippen molar-refractivity contribution in [2.24, 2.45) is 4.99 Å². The second kappa shape index (κ2) is 7.55. The molecule has 0 aromatic heterocycles. The van der Waals surface area contributed by atoms with Gasteiger partial charge in [-0.05, 0) is 13.3 Å². The van der Waals surface area contributed by atoms with Gasteiger partial charge < -0.3 is 4.90 Å². The summed E-state index contributed by atoms with van der Waals surface area (Å²) in [6, 6.07) is 20.1. The summed E-state index contributed by atoms with van der Waals surface area (Å²) in [5.41, 5.74) is 1.86. The summed E-state index contributed by atoms with van der Waals surface area (Å²) in [6.07, 6.45) is 1.03. The third-order valence-corrected chi connectivity index (χ3v) is 3.88. The van der Waals surface area contributed by atoms with Crippen molar-refractivity contribution in [3.05, 3.63) is 71.8 Å². The molecule has 2 aromatic rings. The average molecular weight is 293 g/mol. The monoisotopic (exact) mass is 293 g/mol. The van der Waals surface area contributed by atoms with E-state index in [0.29, 0.717) is 6.04 Å². The van der Waals surface area contributed by atoms with Crippen molar-refractivity contribution in [2.75, 3.05) is 7.05 Å². The van der Waals surface area contributed by atoms with Gasteiger partial charge in [-0.25, -0.2) is 4.99 Å². The number of hydrogen-bond donors (Lipinski definition) is 1. The highest BCUT2D eigenvalue weighted by molar-refractivity contribution is 6.10. The summed E-state index contributed by atoms with van der Waals surface area (Å²) in [5, 5.41) is 8.29. The molecule has 1 atom stereocenters. The molecule has 114 valence electrons. The van der Waals surface area contributed by atoms with Gasteiger partial charge in [0.25, 0.3) is 0 Å². The Balaban J connectivity index is 2.40. The number of amidine groups is 2. The van der Waals surface area contributed by atoms with E-state index in [1.54, 1.807) is 0 Å². The van der Waals surface area contributed by atoms with Gasteiger partial charge in [0.1, 0.15) is 5.84 Å². The van der Waals surface area contributed by atoms with E-state index >= 15 is 0 Å². The summed E-state index contributed by atoms with van der Waals surface area (Å²) < 4.78 is 0. The summed E-state index contributed by atoms with van der Waals surface area (Å²) in [4.78, 5) is 6.76.